The summed E-state index contributed by atoms with van der Waals surface area (Å²) in [6.07, 6.45) is 3.22. The maximum absolute atomic E-state index is 4.09. The molecule has 62 valence electrons. The smallest absolute Gasteiger partial charge is 0.175 e. The van der Waals surface area contributed by atoms with Gasteiger partial charge in [0.15, 0.2) is 5.84 Å². The third-order valence-electron chi connectivity index (χ3n) is 1.67. The fourth-order valence-electron chi connectivity index (χ4n) is 1.05. The van der Waals surface area contributed by atoms with Crippen molar-refractivity contribution in [2.45, 2.75) is 0 Å². The SMILES string of the molecule is CN1CNN=C1c1ccncn1. The summed E-state index contributed by atoms with van der Waals surface area (Å²) in [7, 11) is 1.96. The molecule has 0 unspecified atom stereocenters. The van der Waals surface area contributed by atoms with Crippen molar-refractivity contribution in [1.29, 1.82) is 0 Å². The summed E-state index contributed by atoms with van der Waals surface area (Å²) >= 11 is 0. The van der Waals surface area contributed by atoms with Gasteiger partial charge < -0.3 is 4.90 Å². The van der Waals surface area contributed by atoms with E-state index < -0.39 is 0 Å². The first-order chi connectivity index (χ1) is 5.88. The van der Waals surface area contributed by atoms with Crippen molar-refractivity contribution in [3.63, 3.8) is 0 Å². The molecule has 0 radical (unpaired) electrons. The van der Waals surface area contributed by atoms with Gasteiger partial charge in [-0.15, -0.1) is 0 Å². The Morgan fingerprint density at radius 1 is 1.58 bits per heavy atom. The van der Waals surface area contributed by atoms with E-state index in [2.05, 4.69) is 20.5 Å². The molecule has 5 nitrogen and oxygen atoms in total. The summed E-state index contributed by atoms with van der Waals surface area (Å²) < 4.78 is 0. The minimum atomic E-state index is 0.735. The predicted molar refractivity (Wildman–Crippen MR) is 44.3 cm³/mol. The fourth-order valence-corrected chi connectivity index (χ4v) is 1.05. The van der Waals surface area contributed by atoms with Crippen LogP contribution in [-0.4, -0.2) is 34.4 Å². The number of rotatable bonds is 1. The van der Waals surface area contributed by atoms with Gasteiger partial charge in [0.25, 0.3) is 0 Å². The first-order valence-electron chi connectivity index (χ1n) is 3.66. The lowest BCUT2D eigenvalue weighted by atomic mass is 10.3. The summed E-state index contributed by atoms with van der Waals surface area (Å²) in [5.41, 5.74) is 3.72. The van der Waals surface area contributed by atoms with Crippen molar-refractivity contribution in [3.05, 3.63) is 24.3 Å². The molecule has 0 saturated carbocycles. The largest absolute Gasteiger partial charge is 0.338 e. The van der Waals surface area contributed by atoms with E-state index in [4.69, 9.17) is 0 Å². The molecule has 1 aliphatic heterocycles. The molecular weight excluding hydrogens is 154 g/mol. The van der Waals surface area contributed by atoms with E-state index in [-0.39, 0.29) is 0 Å². The molecule has 1 aromatic rings. The maximum Gasteiger partial charge on any atom is 0.175 e. The van der Waals surface area contributed by atoms with Crippen LogP contribution in [0.3, 0.4) is 0 Å². The van der Waals surface area contributed by atoms with E-state index in [0.29, 0.717) is 0 Å². The van der Waals surface area contributed by atoms with Gasteiger partial charge in [-0.25, -0.2) is 9.97 Å². The number of hydrazone groups is 1. The molecule has 0 bridgehead atoms. The topological polar surface area (TPSA) is 53.4 Å². The van der Waals surface area contributed by atoms with Crippen LogP contribution in [0, 0.1) is 0 Å². The van der Waals surface area contributed by atoms with Gasteiger partial charge in [-0.05, 0) is 6.07 Å². The van der Waals surface area contributed by atoms with E-state index in [1.165, 1.54) is 6.33 Å². The van der Waals surface area contributed by atoms with E-state index >= 15 is 0 Å². The highest BCUT2D eigenvalue weighted by molar-refractivity contribution is 5.97. The second-order valence-electron chi connectivity index (χ2n) is 2.54. The molecular formula is C7H9N5. The predicted octanol–water partition coefficient (Wildman–Crippen LogP) is -0.369. The van der Waals surface area contributed by atoms with E-state index in [0.717, 1.165) is 18.2 Å². The van der Waals surface area contributed by atoms with Gasteiger partial charge in [0.1, 0.15) is 18.7 Å². The van der Waals surface area contributed by atoms with Crippen LogP contribution in [0.25, 0.3) is 0 Å². The molecule has 0 amide bonds. The third kappa shape index (κ3) is 1.09. The maximum atomic E-state index is 4.09. The molecule has 1 aromatic heterocycles. The monoisotopic (exact) mass is 163 g/mol. The Morgan fingerprint density at radius 3 is 3.08 bits per heavy atom. The number of hydrogen-bond donors (Lipinski definition) is 1. The Kier molecular flexibility index (Phi) is 1.62. The molecule has 2 rings (SSSR count). The van der Waals surface area contributed by atoms with Crippen LogP contribution in [-0.2, 0) is 0 Å². The zero-order chi connectivity index (χ0) is 8.39. The summed E-state index contributed by atoms with van der Waals surface area (Å²) in [6, 6.07) is 1.84. The second-order valence-corrected chi connectivity index (χ2v) is 2.54. The lowest BCUT2D eigenvalue weighted by molar-refractivity contribution is 0.506. The van der Waals surface area contributed by atoms with Crippen LogP contribution in [0.2, 0.25) is 0 Å². The molecule has 0 aromatic carbocycles. The quantitative estimate of drug-likeness (QED) is 0.613. The number of hydrogen-bond acceptors (Lipinski definition) is 5. The highest BCUT2D eigenvalue weighted by Crippen LogP contribution is 2.02. The van der Waals surface area contributed by atoms with Gasteiger partial charge >= 0.3 is 0 Å². The summed E-state index contributed by atoms with van der Waals surface area (Å²) in [4.78, 5) is 9.91. The van der Waals surface area contributed by atoms with Gasteiger partial charge in [-0.2, -0.15) is 5.10 Å². The third-order valence-corrected chi connectivity index (χ3v) is 1.67. The average Bonchev–Trinajstić information content (AvgIpc) is 2.53. The minimum absolute atomic E-state index is 0.735. The highest BCUT2D eigenvalue weighted by atomic mass is 15.5. The summed E-state index contributed by atoms with van der Waals surface area (Å²) in [5.74, 6) is 0.859. The van der Waals surface area contributed by atoms with E-state index in [1.54, 1.807) is 6.20 Å². The zero-order valence-corrected chi connectivity index (χ0v) is 6.73. The fraction of sp³-hybridized carbons (Fsp3) is 0.286. The lowest BCUT2D eigenvalue weighted by Crippen LogP contribution is -2.25. The molecule has 0 fully saturated rings. The normalized spacial score (nSPS) is 15.8. The Bertz CT molecular complexity index is 294. The van der Waals surface area contributed by atoms with Crippen LogP contribution < -0.4 is 5.43 Å². The number of amidine groups is 1. The number of nitrogens with one attached hydrogen (secondary N) is 1. The van der Waals surface area contributed by atoms with Crippen LogP contribution in [0.5, 0.6) is 0 Å². The standard InChI is InChI=1S/C7H9N5/c1-12-5-10-11-7(12)6-2-3-8-4-9-6/h2-4,10H,5H2,1H3. The molecule has 5 heteroatoms. The van der Waals surface area contributed by atoms with Gasteiger partial charge in [0.2, 0.25) is 0 Å². The summed E-state index contributed by atoms with van der Waals surface area (Å²) in [5, 5.41) is 4.09. The van der Waals surface area contributed by atoms with Gasteiger partial charge in [0, 0.05) is 13.2 Å². The van der Waals surface area contributed by atoms with Crippen LogP contribution in [0.1, 0.15) is 5.69 Å². The minimum Gasteiger partial charge on any atom is -0.338 e. The van der Waals surface area contributed by atoms with Crippen molar-refractivity contribution in [1.82, 2.24) is 20.3 Å². The van der Waals surface area contributed by atoms with Crippen LogP contribution >= 0.6 is 0 Å². The first-order valence-corrected chi connectivity index (χ1v) is 3.66. The van der Waals surface area contributed by atoms with Crippen LogP contribution in [0.4, 0.5) is 0 Å². The van der Waals surface area contributed by atoms with Crippen molar-refractivity contribution in [2.24, 2.45) is 5.10 Å². The zero-order valence-electron chi connectivity index (χ0n) is 6.73. The van der Waals surface area contributed by atoms with Crippen molar-refractivity contribution in [2.75, 3.05) is 13.7 Å². The van der Waals surface area contributed by atoms with Crippen molar-refractivity contribution < 1.29 is 0 Å². The lowest BCUT2D eigenvalue weighted by Gasteiger charge is -2.10. The molecule has 2 heterocycles. The number of nitrogens with zero attached hydrogens (tertiary/aromatic N) is 4. The van der Waals surface area contributed by atoms with Crippen molar-refractivity contribution in [3.8, 4) is 0 Å². The molecule has 0 spiro atoms. The molecule has 1 N–H and O–H groups in total. The van der Waals surface area contributed by atoms with Gasteiger partial charge in [-0.3, -0.25) is 5.43 Å². The number of aromatic nitrogens is 2. The highest BCUT2D eigenvalue weighted by Gasteiger charge is 2.14. The van der Waals surface area contributed by atoms with Gasteiger partial charge in [0.05, 0.1) is 0 Å². The Hall–Kier alpha value is -1.65. The Balaban J connectivity index is 2.31. The van der Waals surface area contributed by atoms with Crippen molar-refractivity contribution >= 4 is 5.84 Å². The molecule has 0 aliphatic carbocycles. The second kappa shape index (κ2) is 2.77. The van der Waals surface area contributed by atoms with Gasteiger partial charge in [-0.1, -0.05) is 0 Å². The van der Waals surface area contributed by atoms with Crippen LogP contribution in [0.15, 0.2) is 23.7 Å². The van der Waals surface area contributed by atoms with E-state index in [1.807, 2.05) is 18.0 Å². The van der Waals surface area contributed by atoms with E-state index in [9.17, 15) is 0 Å². The molecule has 1 aliphatic rings. The molecule has 0 atom stereocenters. The average molecular weight is 163 g/mol. The Morgan fingerprint density at radius 2 is 2.50 bits per heavy atom. The first kappa shape index (κ1) is 7.02. The molecule has 12 heavy (non-hydrogen) atoms. The Labute approximate surface area is 70.1 Å². The molecule has 0 saturated heterocycles. The summed E-state index contributed by atoms with van der Waals surface area (Å²) in [6.45, 7) is 0.735.